The summed E-state index contributed by atoms with van der Waals surface area (Å²) in [6.07, 6.45) is 0.146. The molecule has 0 amide bonds. The molecule has 0 heterocycles. The van der Waals surface area contributed by atoms with Crippen molar-refractivity contribution in [1.29, 1.82) is 0 Å². The molecule has 2 heteroatoms. The van der Waals surface area contributed by atoms with Gasteiger partial charge in [-0.15, -0.1) is 19.7 Å². The van der Waals surface area contributed by atoms with Gasteiger partial charge in [0, 0.05) is 6.23 Å². The van der Waals surface area contributed by atoms with Gasteiger partial charge in [-0.25, -0.2) is 0 Å². The molecule has 68 valence electrons. The minimum atomic E-state index is -2.03. The molecule has 0 bridgehead atoms. The van der Waals surface area contributed by atoms with E-state index in [1.54, 1.807) is 0 Å². The van der Waals surface area contributed by atoms with Crippen LogP contribution in [0.5, 0.6) is 0 Å². The third-order valence-electron chi connectivity index (χ3n) is 2.42. The second-order valence-corrected chi connectivity index (χ2v) is 8.09. The van der Waals surface area contributed by atoms with Crippen molar-refractivity contribution in [1.82, 2.24) is 0 Å². The third kappa shape index (κ3) is 1.59. The zero-order valence-corrected chi connectivity index (χ0v) is 9.28. The molecule has 0 aromatic rings. The Morgan fingerprint density at radius 2 is 1.25 bits per heavy atom. The molecule has 0 aliphatic heterocycles. The summed E-state index contributed by atoms with van der Waals surface area (Å²) in [4.78, 5) is 0. The van der Waals surface area contributed by atoms with E-state index in [1.807, 2.05) is 20.8 Å². The van der Waals surface area contributed by atoms with E-state index in [0.29, 0.717) is 0 Å². The van der Waals surface area contributed by atoms with Crippen molar-refractivity contribution in [2.45, 2.75) is 20.8 Å². The highest BCUT2D eigenvalue weighted by molar-refractivity contribution is 6.97. The maximum atomic E-state index is 9.37. The minimum Gasteiger partial charge on any atom is -0.398 e. The summed E-state index contributed by atoms with van der Waals surface area (Å²) in [5, 5.41) is 12.5. The molecule has 1 N–H and O–H groups in total. The lowest BCUT2D eigenvalue weighted by atomic mass is 10.7. The van der Waals surface area contributed by atoms with Crippen LogP contribution in [0, 0.1) is 0 Å². The second kappa shape index (κ2) is 3.87. The smallest absolute Gasteiger partial charge is 0.160 e. The predicted molar refractivity (Wildman–Crippen MR) is 57.3 cm³/mol. The summed E-state index contributed by atoms with van der Waals surface area (Å²) in [7, 11) is -2.03. The SMILES string of the molecule is C=C(C)[Si](CO)(C(=C)C)C(=C)C. The minimum absolute atomic E-state index is 0.146. The Morgan fingerprint density at radius 1 is 1.00 bits per heavy atom. The molecule has 0 aromatic heterocycles. The Labute approximate surface area is 76.1 Å². The molecule has 0 aliphatic carbocycles. The molecule has 0 radical (unpaired) electrons. The topological polar surface area (TPSA) is 20.2 Å². The summed E-state index contributed by atoms with van der Waals surface area (Å²) < 4.78 is 0. The second-order valence-electron chi connectivity index (χ2n) is 3.40. The van der Waals surface area contributed by atoms with Gasteiger partial charge < -0.3 is 5.11 Å². The normalized spacial score (nSPS) is 11.0. The number of rotatable bonds is 4. The quantitative estimate of drug-likeness (QED) is 0.662. The summed E-state index contributed by atoms with van der Waals surface area (Å²) in [6, 6.07) is 0. The predicted octanol–water partition coefficient (Wildman–Crippen LogP) is 2.31. The maximum Gasteiger partial charge on any atom is 0.160 e. The fourth-order valence-corrected chi connectivity index (χ4v) is 4.49. The molecule has 0 saturated heterocycles. The summed E-state index contributed by atoms with van der Waals surface area (Å²) in [5.41, 5.74) is 0. The highest BCUT2D eigenvalue weighted by Crippen LogP contribution is 2.26. The average molecular weight is 182 g/mol. The molecule has 12 heavy (non-hydrogen) atoms. The van der Waals surface area contributed by atoms with E-state index in [-0.39, 0.29) is 6.23 Å². The van der Waals surface area contributed by atoms with Crippen LogP contribution >= 0.6 is 0 Å². The van der Waals surface area contributed by atoms with E-state index >= 15 is 0 Å². The van der Waals surface area contributed by atoms with Crippen molar-refractivity contribution in [2.75, 3.05) is 6.23 Å². The summed E-state index contributed by atoms with van der Waals surface area (Å²) >= 11 is 0. The van der Waals surface area contributed by atoms with Crippen LogP contribution in [0.2, 0.25) is 0 Å². The summed E-state index contributed by atoms with van der Waals surface area (Å²) in [6.45, 7) is 17.6. The van der Waals surface area contributed by atoms with Gasteiger partial charge in [0.15, 0.2) is 8.07 Å². The molecule has 0 aliphatic rings. The molecular weight excluding hydrogens is 164 g/mol. The fourth-order valence-electron chi connectivity index (χ4n) is 1.50. The molecule has 0 spiro atoms. The zero-order chi connectivity index (χ0) is 9.94. The van der Waals surface area contributed by atoms with Crippen molar-refractivity contribution >= 4 is 8.07 Å². The van der Waals surface area contributed by atoms with E-state index in [4.69, 9.17) is 0 Å². The van der Waals surface area contributed by atoms with Gasteiger partial charge in [-0.2, -0.15) is 0 Å². The van der Waals surface area contributed by atoms with Gasteiger partial charge >= 0.3 is 0 Å². The van der Waals surface area contributed by atoms with Gasteiger partial charge in [-0.05, 0) is 20.8 Å². The van der Waals surface area contributed by atoms with Crippen molar-refractivity contribution in [3.8, 4) is 0 Å². The van der Waals surface area contributed by atoms with E-state index in [2.05, 4.69) is 19.7 Å². The Morgan fingerprint density at radius 3 is 1.25 bits per heavy atom. The lowest BCUT2D eigenvalue weighted by molar-refractivity contribution is 0.360. The summed E-state index contributed by atoms with van der Waals surface area (Å²) in [5.74, 6) is 0. The Bertz CT molecular complexity index is 192. The van der Waals surface area contributed by atoms with E-state index in [1.165, 1.54) is 0 Å². The Balaban J connectivity index is 5.19. The van der Waals surface area contributed by atoms with Crippen LogP contribution in [-0.2, 0) is 0 Å². The lowest BCUT2D eigenvalue weighted by Crippen LogP contribution is -2.44. The molecule has 1 nitrogen and oxygen atoms in total. The lowest BCUT2D eigenvalue weighted by Gasteiger charge is -2.31. The molecular formula is C10H18OSi. The van der Waals surface area contributed by atoms with Gasteiger partial charge in [0.05, 0.1) is 0 Å². The van der Waals surface area contributed by atoms with Crippen LogP contribution in [0.4, 0.5) is 0 Å². The molecule has 0 atom stereocenters. The van der Waals surface area contributed by atoms with Gasteiger partial charge in [0.2, 0.25) is 0 Å². The first-order valence-corrected chi connectivity index (χ1v) is 6.19. The zero-order valence-electron chi connectivity index (χ0n) is 8.28. The van der Waals surface area contributed by atoms with Crippen molar-refractivity contribution in [3.05, 3.63) is 35.3 Å². The van der Waals surface area contributed by atoms with Crippen molar-refractivity contribution in [2.24, 2.45) is 0 Å². The average Bonchev–Trinajstić information content (AvgIpc) is 1.86. The standard InChI is InChI=1S/C10H18OSi/c1-8(2)12(7-11,9(3)4)10(5)6/h11H,1,3,5,7H2,2,4,6H3. The molecule has 0 unspecified atom stereocenters. The highest BCUT2D eigenvalue weighted by atomic mass is 28.3. The van der Waals surface area contributed by atoms with Gasteiger partial charge in [-0.1, -0.05) is 15.6 Å². The maximum absolute atomic E-state index is 9.37. The van der Waals surface area contributed by atoms with Crippen molar-refractivity contribution < 1.29 is 5.11 Å². The Kier molecular flexibility index (Phi) is 3.68. The van der Waals surface area contributed by atoms with Crippen LogP contribution in [0.1, 0.15) is 20.8 Å². The first-order chi connectivity index (χ1) is 5.39. The molecule has 0 fully saturated rings. The van der Waals surface area contributed by atoms with Crippen LogP contribution in [0.15, 0.2) is 35.3 Å². The molecule has 0 aromatic carbocycles. The number of hydrogen-bond donors (Lipinski definition) is 1. The van der Waals surface area contributed by atoms with Gasteiger partial charge in [-0.3, -0.25) is 0 Å². The first kappa shape index (κ1) is 11.4. The van der Waals surface area contributed by atoms with E-state index in [9.17, 15) is 5.11 Å². The fraction of sp³-hybridized carbons (Fsp3) is 0.400. The van der Waals surface area contributed by atoms with E-state index < -0.39 is 8.07 Å². The third-order valence-corrected chi connectivity index (χ3v) is 7.27. The van der Waals surface area contributed by atoms with Crippen LogP contribution < -0.4 is 0 Å². The number of allylic oxidation sites excluding steroid dienone is 3. The highest BCUT2D eigenvalue weighted by Gasteiger charge is 2.35. The Hall–Kier alpha value is -0.603. The van der Waals surface area contributed by atoms with Crippen LogP contribution in [0.3, 0.4) is 0 Å². The first-order valence-electron chi connectivity index (χ1n) is 3.98. The van der Waals surface area contributed by atoms with Crippen molar-refractivity contribution in [3.63, 3.8) is 0 Å². The monoisotopic (exact) mass is 182 g/mol. The van der Waals surface area contributed by atoms with E-state index in [0.717, 1.165) is 15.6 Å². The number of aliphatic hydroxyl groups is 1. The number of aliphatic hydroxyl groups excluding tert-OH is 1. The number of hydrogen-bond acceptors (Lipinski definition) is 1. The molecule has 0 saturated carbocycles. The van der Waals surface area contributed by atoms with Crippen LogP contribution in [-0.4, -0.2) is 19.4 Å². The van der Waals surface area contributed by atoms with Crippen LogP contribution in [0.25, 0.3) is 0 Å². The molecule has 0 rings (SSSR count). The largest absolute Gasteiger partial charge is 0.398 e. The van der Waals surface area contributed by atoms with Gasteiger partial charge in [0.1, 0.15) is 0 Å². The van der Waals surface area contributed by atoms with Gasteiger partial charge in [0.25, 0.3) is 0 Å².